The van der Waals surface area contributed by atoms with E-state index in [9.17, 15) is 5.11 Å². The summed E-state index contributed by atoms with van der Waals surface area (Å²) in [6.45, 7) is 6.42. The topological polar surface area (TPSA) is 49.8 Å². The highest BCUT2D eigenvalue weighted by atomic mass is 16.4. The number of benzene rings is 2. The molecule has 0 radical (unpaired) electrons. The molecule has 0 aliphatic heterocycles. The van der Waals surface area contributed by atoms with Gasteiger partial charge in [0.05, 0.1) is 13.1 Å². The Bertz CT molecular complexity index is 1040. The van der Waals surface area contributed by atoms with E-state index in [-0.39, 0.29) is 0 Å². The second-order valence-electron chi connectivity index (χ2n) is 7.93. The van der Waals surface area contributed by atoms with Crippen molar-refractivity contribution in [3.05, 3.63) is 119 Å². The average Bonchev–Trinajstić information content (AvgIpc) is 3.43. The molecule has 0 aliphatic rings. The van der Waals surface area contributed by atoms with E-state index in [1.165, 1.54) is 0 Å². The molecule has 2 aromatic carbocycles. The number of nitrogens with zero attached hydrogens (tertiary/aromatic N) is 1. The Hall–Kier alpha value is -3.08. The molecule has 0 saturated carbocycles. The van der Waals surface area contributed by atoms with E-state index < -0.39 is 5.60 Å². The summed E-state index contributed by atoms with van der Waals surface area (Å²) in [5, 5.41) is 11.9. The lowest BCUT2D eigenvalue weighted by Crippen LogP contribution is -2.28. The fraction of sp³-hybridized carbons (Fsp3) is 0.259. The summed E-state index contributed by atoms with van der Waals surface area (Å²) in [7, 11) is 0. The van der Waals surface area contributed by atoms with Crippen LogP contribution in [0.25, 0.3) is 0 Å². The highest BCUT2D eigenvalue weighted by Gasteiger charge is 2.37. The first-order valence-electron chi connectivity index (χ1n) is 10.8. The Morgan fingerprint density at radius 3 is 1.81 bits per heavy atom. The van der Waals surface area contributed by atoms with Crippen molar-refractivity contribution in [1.82, 2.24) is 4.90 Å². The van der Waals surface area contributed by atoms with E-state index in [1.807, 2.05) is 91.9 Å². The normalized spacial score (nSPS) is 11.9. The molecule has 0 unspecified atom stereocenters. The molecule has 0 spiro atoms. The summed E-state index contributed by atoms with van der Waals surface area (Å²) in [6.07, 6.45) is 1.03. The highest BCUT2D eigenvalue weighted by molar-refractivity contribution is 5.43. The van der Waals surface area contributed by atoms with Gasteiger partial charge < -0.3 is 13.9 Å². The summed E-state index contributed by atoms with van der Waals surface area (Å²) >= 11 is 0. The summed E-state index contributed by atoms with van der Waals surface area (Å²) in [6, 6.07) is 27.2. The van der Waals surface area contributed by atoms with Gasteiger partial charge in [-0.15, -0.1) is 0 Å². The lowest BCUT2D eigenvalue weighted by atomic mass is 9.84. The minimum atomic E-state index is -1.35. The van der Waals surface area contributed by atoms with E-state index in [0.717, 1.165) is 47.9 Å². The molecule has 0 atom stereocenters. The molecule has 0 aliphatic carbocycles. The van der Waals surface area contributed by atoms with Gasteiger partial charge in [0.1, 0.15) is 23.0 Å². The number of aliphatic hydroxyl groups is 1. The monoisotopic (exact) mass is 415 g/mol. The number of aryl methyl sites for hydroxylation is 1. The zero-order valence-corrected chi connectivity index (χ0v) is 18.1. The molecule has 0 saturated heterocycles. The lowest BCUT2D eigenvalue weighted by molar-refractivity contribution is 0.0950. The minimum absolute atomic E-state index is 0.519. The maximum Gasteiger partial charge on any atom is 0.173 e. The van der Waals surface area contributed by atoms with Crippen LogP contribution >= 0.6 is 0 Å². The quantitative estimate of drug-likeness (QED) is 0.371. The molecule has 1 N–H and O–H groups in total. The van der Waals surface area contributed by atoms with Gasteiger partial charge in [-0.3, -0.25) is 4.90 Å². The summed E-state index contributed by atoms with van der Waals surface area (Å²) in [5.74, 6) is 3.20. The Kier molecular flexibility index (Phi) is 6.40. The fourth-order valence-electron chi connectivity index (χ4n) is 4.01. The van der Waals surface area contributed by atoms with Crippen molar-refractivity contribution in [3.63, 3.8) is 0 Å². The summed E-state index contributed by atoms with van der Waals surface area (Å²) < 4.78 is 12.0. The van der Waals surface area contributed by atoms with Crippen LogP contribution in [0, 0.1) is 6.92 Å². The summed E-state index contributed by atoms with van der Waals surface area (Å²) in [5.41, 5.74) is 0.200. The standard InChI is InChI=1S/C27H29NO3/c1-3-18-28(19-24-15-14-21(2)30-24)20-25-16-17-26(31-25)27(29,22-10-6-4-7-11-22)23-12-8-5-9-13-23/h4-17,29H,3,18-20H2,1-2H3. The molecule has 4 heteroatoms. The molecule has 31 heavy (non-hydrogen) atoms. The van der Waals surface area contributed by atoms with E-state index in [1.54, 1.807) is 0 Å². The van der Waals surface area contributed by atoms with Gasteiger partial charge in [-0.25, -0.2) is 0 Å². The first-order valence-corrected chi connectivity index (χ1v) is 10.8. The molecule has 4 aromatic rings. The number of furan rings is 2. The van der Waals surface area contributed by atoms with Crippen LogP contribution in [0.1, 0.15) is 47.5 Å². The van der Waals surface area contributed by atoms with E-state index in [0.29, 0.717) is 12.3 Å². The fourth-order valence-corrected chi connectivity index (χ4v) is 4.01. The first kappa shape index (κ1) is 21.2. The van der Waals surface area contributed by atoms with Crippen LogP contribution in [-0.2, 0) is 18.7 Å². The third-order valence-electron chi connectivity index (χ3n) is 5.50. The van der Waals surface area contributed by atoms with Gasteiger partial charge in [-0.2, -0.15) is 0 Å². The van der Waals surface area contributed by atoms with Crippen molar-refractivity contribution >= 4 is 0 Å². The molecule has 160 valence electrons. The van der Waals surface area contributed by atoms with E-state index in [2.05, 4.69) is 11.8 Å². The Morgan fingerprint density at radius 2 is 1.29 bits per heavy atom. The van der Waals surface area contributed by atoms with Crippen molar-refractivity contribution in [2.75, 3.05) is 6.54 Å². The Morgan fingerprint density at radius 1 is 0.742 bits per heavy atom. The lowest BCUT2D eigenvalue weighted by Gasteiger charge is -2.27. The van der Waals surface area contributed by atoms with Crippen LogP contribution in [-0.4, -0.2) is 16.6 Å². The molecular weight excluding hydrogens is 386 g/mol. The average molecular weight is 416 g/mol. The number of hydrogen-bond donors (Lipinski definition) is 1. The van der Waals surface area contributed by atoms with Crippen molar-refractivity contribution < 1.29 is 13.9 Å². The van der Waals surface area contributed by atoms with Crippen LogP contribution in [0.3, 0.4) is 0 Å². The van der Waals surface area contributed by atoms with Gasteiger partial charge in [-0.05, 0) is 55.3 Å². The second kappa shape index (κ2) is 9.38. The van der Waals surface area contributed by atoms with Crippen LogP contribution in [0.15, 0.2) is 93.8 Å². The predicted molar refractivity (Wildman–Crippen MR) is 122 cm³/mol. The Labute approximate surface area is 183 Å². The second-order valence-corrected chi connectivity index (χ2v) is 7.93. The largest absolute Gasteiger partial charge is 0.465 e. The van der Waals surface area contributed by atoms with Gasteiger partial charge in [0.25, 0.3) is 0 Å². The zero-order chi connectivity index (χ0) is 21.7. The smallest absolute Gasteiger partial charge is 0.173 e. The zero-order valence-electron chi connectivity index (χ0n) is 18.1. The third-order valence-corrected chi connectivity index (χ3v) is 5.50. The van der Waals surface area contributed by atoms with Gasteiger partial charge in [0, 0.05) is 0 Å². The maximum absolute atomic E-state index is 11.9. The minimum Gasteiger partial charge on any atom is -0.465 e. The van der Waals surface area contributed by atoms with E-state index >= 15 is 0 Å². The van der Waals surface area contributed by atoms with Crippen molar-refractivity contribution in [1.29, 1.82) is 0 Å². The third kappa shape index (κ3) is 4.66. The van der Waals surface area contributed by atoms with Crippen LogP contribution in [0.2, 0.25) is 0 Å². The SMILES string of the molecule is CCCN(Cc1ccc(C)o1)Cc1ccc(C(O)(c2ccccc2)c2ccccc2)o1. The van der Waals surface area contributed by atoms with Crippen LogP contribution in [0.5, 0.6) is 0 Å². The van der Waals surface area contributed by atoms with Crippen molar-refractivity contribution in [2.24, 2.45) is 0 Å². The molecular formula is C27H29NO3. The molecule has 0 bridgehead atoms. The number of hydrogen-bond acceptors (Lipinski definition) is 4. The number of rotatable bonds is 9. The van der Waals surface area contributed by atoms with Gasteiger partial charge in [-0.1, -0.05) is 67.6 Å². The molecule has 2 heterocycles. The maximum atomic E-state index is 11.9. The van der Waals surface area contributed by atoms with Crippen molar-refractivity contribution in [3.8, 4) is 0 Å². The van der Waals surface area contributed by atoms with Gasteiger partial charge >= 0.3 is 0 Å². The Balaban J connectivity index is 1.63. The summed E-state index contributed by atoms with van der Waals surface area (Å²) in [4.78, 5) is 2.30. The molecule has 4 rings (SSSR count). The van der Waals surface area contributed by atoms with Crippen LogP contribution < -0.4 is 0 Å². The van der Waals surface area contributed by atoms with Gasteiger partial charge in [0.15, 0.2) is 5.60 Å². The highest BCUT2D eigenvalue weighted by Crippen LogP contribution is 2.37. The molecule has 4 nitrogen and oxygen atoms in total. The van der Waals surface area contributed by atoms with Gasteiger partial charge in [0.2, 0.25) is 0 Å². The predicted octanol–water partition coefficient (Wildman–Crippen LogP) is 5.88. The molecule has 0 amide bonds. The van der Waals surface area contributed by atoms with E-state index in [4.69, 9.17) is 8.83 Å². The van der Waals surface area contributed by atoms with Crippen LogP contribution in [0.4, 0.5) is 0 Å². The first-order chi connectivity index (χ1) is 15.1. The van der Waals surface area contributed by atoms with Crippen molar-refractivity contribution in [2.45, 2.75) is 39.0 Å². The molecule has 2 aromatic heterocycles. The molecule has 0 fully saturated rings.